The van der Waals surface area contributed by atoms with Crippen LogP contribution in [0.4, 0.5) is 0 Å². The first-order valence-corrected chi connectivity index (χ1v) is 11.4. The number of rotatable bonds is 2. The maximum atomic E-state index is 13.8. The van der Waals surface area contributed by atoms with Crippen LogP contribution < -0.4 is 0 Å². The first kappa shape index (κ1) is 21.6. The van der Waals surface area contributed by atoms with Gasteiger partial charge in [0.05, 0.1) is 6.10 Å². The molecular formula is C24H30O8. The zero-order valence-electron chi connectivity index (χ0n) is 18.9. The van der Waals surface area contributed by atoms with E-state index >= 15 is 0 Å². The maximum Gasteiger partial charge on any atom is 0.316 e. The number of fused-ring (bicyclic) bond motifs is 2. The molecule has 32 heavy (non-hydrogen) atoms. The van der Waals surface area contributed by atoms with Crippen LogP contribution in [0.1, 0.15) is 53.4 Å². The van der Waals surface area contributed by atoms with E-state index in [0.717, 1.165) is 6.42 Å². The van der Waals surface area contributed by atoms with E-state index in [2.05, 4.69) is 20.4 Å². The van der Waals surface area contributed by atoms with Gasteiger partial charge in [-0.3, -0.25) is 19.2 Å². The van der Waals surface area contributed by atoms with Crippen LogP contribution in [0.2, 0.25) is 0 Å². The van der Waals surface area contributed by atoms with Crippen molar-refractivity contribution in [2.24, 2.45) is 34.0 Å². The smallest absolute Gasteiger partial charge is 0.316 e. The van der Waals surface area contributed by atoms with Crippen molar-refractivity contribution in [3.05, 3.63) is 12.2 Å². The summed E-state index contributed by atoms with van der Waals surface area (Å²) in [5, 5.41) is 11.5. The van der Waals surface area contributed by atoms with E-state index in [1.54, 1.807) is 0 Å². The van der Waals surface area contributed by atoms with Crippen LogP contribution in [0.25, 0.3) is 0 Å². The van der Waals surface area contributed by atoms with Gasteiger partial charge in [0, 0.05) is 25.7 Å². The zero-order valence-corrected chi connectivity index (χ0v) is 18.9. The molecule has 6 fully saturated rings. The highest BCUT2D eigenvalue weighted by atomic mass is 16.6. The molecule has 4 aliphatic carbocycles. The normalized spacial score (nSPS) is 47.9. The highest BCUT2D eigenvalue weighted by Crippen LogP contribution is 2.75. The van der Waals surface area contributed by atoms with Crippen LogP contribution in [0, 0.1) is 34.0 Å². The quantitative estimate of drug-likeness (QED) is 0.387. The van der Waals surface area contributed by atoms with Gasteiger partial charge in [0.2, 0.25) is 0 Å². The average molecular weight is 446 g/mol. The summed E-state index contributed by atoms with van der Waals surface area (Å²) in [6.45, 7) is 10.7. The van der Waals surface area contributed by atoms with Crippen molar-refractivity contribution in [1.82, 2.24) is 0 Å². The van der Waals surface area contributed by atoms with E-state index < -0.39 is 65.0 Å². The summed E-state index contributed by atoms with van der Waals surface area (Å²) in [5.74, 6) is -3.60. The number of ether oxygens (including phenoxy) is 3. The molecule has 0 amide bonds. The number of hydrogen-bond acceptors (Lipinski definition) is 8. The minimum Gasteiger partial charge on any atom is -0.462 e. The second-order valence-electron chi connectivity index (χ2n) is 10.9. The third-order valence-corrected chi connectivity index (χ3v) is 9.20. The van der Waals surface area contributed by atoms with Gasteiger partial charge in [-0.2, -0.15) is 0 Å². The van der Waals surface area contributed by atoms with Crippen molar-refractivity contribution in [2.75, 3.05) is 0 Å². The van der Waals surface area contributed by atoms with E-state index in [9.17, 15) is 24.3 Å². The second kappa shape index (κ2) is 6.43. The summed E-state index contributed by atoms with van der Waals surface area (Å²) in [5.41, 5.74) is -2.87. The van der Waals surface area contributed by atoms with Gasteiger partial charge in [0.15, 0.2) is 5.78 Å². The van der Waals surface area contributed by atoms with Crippen LogP contribution in [0.15, 0.2) is 12.2 Å². The Morgan fingerprint density at radius 1 is 1.09 bits per heavy atom. The summed E-state index contributed by atoms with van der Waals surface area (Å²) in [6.07, 6.45) is -1.87. The summed E-state index contributed by atoms with van der Waals surface area (Å²) in [4.78, 5) is 51.7. The van der Waals surface area contributed by atoms with Crippen LogP contribution in [-0.2, 0) is 33.4 Å². The molecule has 0 aromatic heterocycles. The lowest BCUT2D eigenvalue weighted by molar-refractivity contribution is -0.317. The summed E-state index contributed by atoms with van der Waals surface area (Å²) < 4.78 is 17.4. The molecule has 2 aliphatic heterocycles. The Morgan fingerprint density at radius 3 is 2.38 bits per heavy atom. The Hall–Kier alpha value is -2.22. The van der Waals surface area contributed by atoms with Crippen LogP contribution in [-0.4, -0.2) is 53.2 Å². The molecule has 2 saturated heterocycles. The number of hydrogen-bond donors (Lipinski definition) is 1. The molecule has 2 heterocycles. The van der Waals surface area contributed by atoms with Gasteiger partial charge in [-0.05, 0) is 42.6 Å². The summed E-state index contributed by atoms with van der Waals surface area (Å²) in [6, 6.07) is 0. The lowest BCUT2D eigenvalue weighted by Crippen LogP contribution is -2.80. The molecule has 6 rings (SSSR count). The van der Waals surface area contributed by atoms with Crippen molar-refractivity contribution in [1.29, 1.82) is 0 Å². The van der Waals surface area contributed by atoms with E-state index in [0.29, 0.717) is 12.8 Å². The minimum atomic E-state index is -1.45. The van der Waals surface area contributed by atoms with E-state index in [1.165, 1.54) is 13.8 Å². The molecule has 0 aromatic rings. The van der Waals surface area contributed by atoms with Crippen molar-refractivity contribution in [2.45, 2.75) is 77.8 Å². The Morgan fingerprint density at radius 2 is 1.75 bits per heavy atom. The van der Waals surface area contributed by atoms with Crippen molar-refractivity contribution < 1.29 is 38.5 Å². The summed E-state index contributed by atoms with van der Waals surface area (Å²) in [7, 11) is 0. The van der Waals surface area contributed by atoms with E-state index in [-0.39, 0.29) is 29.1 Å². The molecule has 8 nitrogen and oxygen atoms in total. The number of carbonyl (C=O) groups excluding carboxylic acids is 4. The van der Waals surface area contributed by atoms with Crippen molar-refractivity contribution in [3.63, 3.8) is 0 Å². The minimum absolute atomic E-state index is 0.194. The fourth-order valence-corrected chi connectivity index (χ4v) is 8.23. The Balaban J connectivity index is 1.80. The molecule has 1 N–H and O–H groups in total. The van der Waals surface area contributed by atoms with Crippen LogP contribution in [0.3, 0.4) is 0 Å². The standard InChI is InChI=1S/C24H30O8/c1-10-13-8-14(30-11(2)25)18-23-15(22(4,5)7-6-16(23)31-12(3)26)9-17(32-21(23)29)24(18,19(10)27)20(13)28/h13-18,20,28H,1,6-9H2,2-5H3/t13-,14-,15+,16+,17-,18-,20+,23+,24-/m0/s1. The Kier molecular flexibility index (Phi) is 4.34. The Labute approximate surface area is 186 Å². The molecule has 9 atom stereocenters. The molecule has 4 bridgehead atoms. The number of carbonyl (C=O) groups is 4. The number of aliphatic hydroxyl groups excluding tert-OH is 1. The van der Waals surface area contributed by atoms with Crippen molar-refractivity contribution >= 4 is 23.7 Å². The molecule has 6 aliphatic rings. The third-order valence-electron chi connectivity index (χ3n) is 9.20. The lowest BCUT2D eigenvalue weighted by atomic mass is 9.36. The van der Waals surface area contributed by atoms with Gasteiger partial charge in [-0.1, -0.05) is 20.4 Å². The number of aliphatic hydroxyl groups is 1. The third kappa shape index (κ3) is 2.27. The zero-order chi connectivity index (χ0) is 23.4. The van der Waals surface area contributed by atoms with Crippen LogP contribution in [0.5, 0.6) is 0 Å². The number of ketones is 1. The second-order valence-corrected chi connectivity index (χ2v) is 10.9. The van der Waals surface area contributed by atoms with Crippen LogP contribution >= 0.6 is 0 Å². The molecule has 174 valence electrons. The lowest BCUT2D eigenvalue weighted by Gasteiger charge is -2.70. The molecule has 2 spiro atoms. The average Bonchev–Trinajstić information content (AvgIpc) is 2.80. The highest BCUT2D eigenvalue weighted by Gasteiger charge is 2.85. The fourth-order valence-electron chi connectivity index (χ4n) is 8.23. The largest absolute Gasteiger partial charge is 0.462 e. The van der Waals surface area contributed by atoms with Gasteiger partial charge < -0.3 is 19.3 Å². The molecule has 0 aromatic carbocycles. The maximum absolute atomic E-state index is 13.8. The molecular weight excluding hydrogens is 416 g/mol. The first-order chi connectivity index (χ1) is 14.9. The first-order valence-electron chi connectivity index (χ1n) is 11.4. The predicted octanol–water partition coefficient (Wildman–Crippen LogP) is 1.72. The highest BCUT2D eigenvalue weighted by molar-refractivity contribution is 6.06. The molecule has 0 radical (unpaired) electrons. The van der Waals surface area contributed by atoms with Gasteiger partial charge in [0.25, 0.3) is 0 Å². The molecule has 8 heteroatoms. The fraction of sp³-hybridized carbons (Fsp3) is 0.750. The van der Waals surface area contributed by atoms with E-state index in [4.69, 9.17) is 14.2 Å². The van der Waals surface area contributed by atoms with Gasteiger partial charge in [-0.25, -0.2) is 0 Å². The topological polar surface area (TPSA) is 116 Å². The SMILES string of the molecule is C=C1C(=O)[C@]23[C@@H]([C@@H](OC(C)=O)C[C@@H]1[C@H]2O)[C@@]12C(=O)O[C@H]3C[C@@H]1C(C)(C)CC[C@H]2OC(C)=O. The number of esters is 3. The molecule has 0 unspecified atom stereocenters. The number of Topliss-reactive ketones (excluding diaryl/α,β-unsaturated/α-hetero) is 1. The van der Waals surface area contributed by atoms with E-state index in [1.807, 2.05) is 0 Å². The monoisotopic (exact) mass is 446 g/mol. The predicted molar refractivity (Wildman–Crippen MR) is 109 cm³/mol. The van der Waals surface area contributed by atoms with Crippen molar-refractivity contribution in [3.8, 4) is 0 Å². The molecule has 4 saturated carbocycles. The van der Waals surface area contributed by atoms with Gasteiger partial charge in [0.1, 0.15) is 29.1 Å². The Bertz CT molecular complexity index is 952. The van der Waals surface area contributed by atoms with Gasteiger partial charge in [-0.15, -0.1) is 0 Å². The summed E-state index contributed by atoms with van der Waals surface area (Å²) >= 11 is 0. The van der Waals surface area contributed by atoms with Gasteiger partial charge >= 0.3 is 17.9 Å².